The van der Waals surface area contributed by atoms with E-state index < -0.39 is 11.7 Å². The number of carbonyl (C=O) groups excluding carboxylic acids is 1. The number of nitrogens with two attached hydrogens (primary N) is 1. The Kier molecular flexibility index (Phi) is 2.93. The van der Waals surface area contributed by atoms with E-state index in [0.717, 1.165) is 12.8 Å². The van der Waals surface area contributed by atoms with Gasteiger partial charge in [-0.15, -0.1) is 0 Å². The summed E-state index contributed by atoms with van der Waals surface area (Å²) in [6.07, 6.45) is 1.43. The van der Waals surface area contributed by atoms with Crippen LogP contribution in [0.1, 0.15) is 33.6 Å². The van der Waals surface area contributed by atoms with Gasteiger partial charge in [-0.2, -0.15) is 0 Å². The summed E-state index contributed by atoms with van der Waals surface area (Å²) in [6, 6.07) is 0. The smallest absolute Gasteiger partial charge is 0.338 e. The van der Waals surface area contributed by atoms with Gasteiger partial charge in [0.15, 0.2) is 6.10 Å². The molecular formula is C9H17NO3. The quantitative estimate of drug-likeness (QED) is 0.529. The minimum absolute atomic E-state index is 0.264. The van der Waals surface area contributed by atoms with Crippen LogP contribution in [0.5, 0.6) is 0 Å². The van der Waals surface area contributed by atoms with Crippen molar-refractivity contribution in [1.82, 2.24) is 0 Å². The van der Waals surface area contributed by atoms with Crippen molar-refractivity contribution in [2.75, 3.05) is 0 Å². The van der Waals surface area contributed by atoms with E-state index in [1.807, 2.05) is 20.8 Å². The summed E-state index contributed by atoms with van der Waals surface area (Å²) in [6.45, 7) is 5.47. The maximum absolute atomic E-state index is 11.4. The fourth-order valence-corrected chi connectivity index (χ4v) is 1.12. The Morgan fingerprint density at radius 1 is 1.46 bits per heavy atom. The second-order valence-electron chi connectivity index (χ2n) is 4.43. The van der Waals surface area contributed by atoms with Crippen molar-refractivity contribution in [1.29, 1.82) is 0 Å². The van der Waals surface area contributed by atoms with Gasteiger partial charge in [-0.25, -0.2) is 10.7 Å². The van der Waals surface area contributed by atoms with Crippen LogP contribution in [0, 0.1) is 5.92 Å². The monoisotopic (exact) mass is 187 g/mol. The molecular weight excluding hydrogens is 170 g/mol. The molecule has 1 atom stereocenters. The van der Waals surface area contributed by atoms with Gasteiger partial charge in [0, 0.05) is 0 Å². The fraction of sp³-hybridized carbons (Fsp3) is 0.889. The van der Waals surface area contributed by atoms with Gasteiger partial charge >= 0.3 is 5.97 Å². The third kappa shape index (κ3) is 3.32. The SMILES string of the molecule is CC(C)(C)OC(=O)C(ON)C1CC1. The highest BCUT2D eigenvalue weighted by atomic mass is 16.7. The number of rotatable bonds is 3. The van der Waals surface area contributed by atoms with Crippen LogP contribution in [0.25, 0.3) is 0 Å². The van der Waals surface area contributed by atoms with Gasteiger partial charge in [0.05, 0.1) is 0 Å². The number of ether oxygens (including phenoxy) is 1. The topological polar surface area (TPSA) is 61.5 Å². The van der Waals surface area contributed by atoms with E-state index in [-0.39, 0.29) is 11.9 Å². The molecule has 0 radical (unpaired) electrons. The minimum atomic E-state index is -0.570. The summed E-state index contributed by atoms with van der Waals surface area (Å²) in [4.78, 5) is 16.1. The third-order valence-corrected chi connectivity index (χ3v) is 1.84. The molecule has 0 aromatic rings. The van der Waals surface area contributed by atoms with E-state index in [2.05, 4.69) is 4.84 Å². The standard InChI is InChI=1S/C9H17NO3/c1-9(2,3)12-8(11)7(13-10)6-4-5-6/h6-7H,4-5,10H2,1-3H3. The molecule has 0 bridgehead atoms. The highest BCUT2D eigenvalue weighted by molar-refractivity contribution is 5.75. The van der Waals surface area contributed by atoms with Crippen LogP contribution in [-0.4, -0.2) is 17.7 Å². The van der Waals surface area contributed by atoms with E-state index in [0.29, 0.717) is 0 Å². The Hall–Kier alpha value is -0.610. The van der Waals surface area contributed by atoms with Gasteiger partial charge in [0.25, 0.3) is 0 Å². The predicted molar refractivity (Wildman–Crippen MR) is 47.6 cm³/mol. The zero-order chi connectivity index (χ0) is 10.1. The number of hydrogen-bond donors (Lipinski definition) is 1. The molecule has 4 nitrogen and oxygen atoms in total. The Balaban J connectivity index is 2.44. The van der Waals surface area contributed by atoms with Gasteiger partial charge in [0.2, 0.25) is 0 Å². The molecule has 1 saturated carbocycles. The van der Waals surface area contributed by atoms with Crippen molar-refractivity contribution in [2.24, 2.45) is 11.8 Å². The highest BCUT2D eigenvalue weighted by Gasteiger charge is 2.39. The maximum Gasteiger partial charge on any atom is 0.338 e. The van der Waals surface area contributed by atoms with Crippen molar-refractivity contribution < 1.29 is 14.4 Å². The molecule has 0 spiro atoms. The summed E-state index contributed by atoms with van der Waals surface area (Å²) >= 11 is 0. The first kappa shape index (κ1) is 10.5. The van der Waals surface area contributed by atoms with E-state index in [9.17, 15) is 4.79 Å². The van der Waals surface area contributed by atoms with E-state index in [1.165, 1.54) is 0 Å². The van der Waals surface area contributed by atoms with E-state index >= 15 is 0 Å². The van der Waals surface area contributed by atoms with Gasteiger partial charge in [-0.05, 0) is 39.5 Å². The molecule has 4 heteroatoms. The Labute approximate surface area is 78.3 Å². The van der Waals surface area contributed by atoms with Crippen LogP contribution in [0.15, 0.2) is 0 Å². The summed E-state index contributed by atoms with van der Waals surface area (Å²) in [5, 5.41) is 0. The molecule has 1 unspecified atom stereocenters. The Morgan fingerprint density at radius 3 is 2.31 bits per heavy atom. The van der Waals surface area contributed by atoms with E-state index in [4.69, 9.17) is 10.6 Å². The normalized spacial score (nSPS) is 19.7. The Morgan fingerprint density at radius 2 is 2.00 bits per heavy atom. The number of hydrogen-bond acceptors (Lipinski definition) is 4. The number of carbonyl (C=O) groups is 1. The molecule has 0 heterocycles. The van der Waals surface area contributed by atoms with Crippen molar-refractivity contribution in [2.45, 2.75) is 45.3 Å². The largest absolute Gasteiger partial charge is 0.458 e. The fourth-order valence-electron chi connectivity index (χ4n) is 1.12. The second kappa shape index (κ2) is 3.64. The van der Waals surface area contributed by atoms with Crippen LogP contribution in [-0.2, 0) is 14.4 Å². The van der Waals surface area contributed by atoms with Crippen molar-refractivity contribution >= 4 is 5.97 Å². The second-order valence-corrected chi connectivity index (χ2v) is 4.43. The molecule has 0 amide bonds. The van der Waals surface area contributed by atoms with Gasteiger partial charge in [-0.1, -0.05) is 0 Å². The van der Waals surface area contributed by atoms with Crippen LogP contribution in [0.2, 0.25) is 0 Å². The summed E-state index contributed by atoms with van der Waals surface area (Å²) in [5.74, 6) is 4.95. The van der Waals surface area contributed by atoms with E-state index in [1.54, 1.807) is 0 Å². The molecule has 1 aliphatic carbocycles. The van der Waals surface area contributed by atoms with Gasteiger partial charge < -0.3 is 4.74 Å². The van der Waals surface area contributed by atoms with Crippen molar-refractivity contribution in [3.63, 3.8) is 0 Å². The first-order valence-electron chi connectivity index (χ1n) is 4.52. The molecule has 0 saturated heterocycles. The molecule has 0 aromatic heterocycles. The van der Waals surface area contributed by atoms with Crippen molar-refractivity contribution in [3.8, 4) is 0 Å². The average Bonchev–Trinajstić information content (AvgIpc) is 2.68. The highest BCUT2D eigenvalue weighted by Crippen LogP contribution is 2.34. The lowest BCUT2D eigenvalue weighted by atomic mass is 10.2. The van der Waals surface area contributed by atoms with Crippen LogP contribution < -0.4 is 5.90 Å². The summed E-state index contributed by atoms with van der Waals surface area (Å²) in [5.41, 5.74) is -0.469. The molecule has 0 aromatic carbocycles. The average molecular weight is 187 g/mol. The molecule has 1 fully saturated rings. The van der Waals surface area contributed by atoms with Gasteiger partial charge in [-0.3, -0.25) is 4.84 Å². The lowest BCUT2D eigenvalue weighted by Gasteiger charge is -2.22. The molecule has 76 valence electrons. The van der Waals surface area contributed by atoms with Crippen LogP contribution in [0.3, 0.4) is 0 Å². The first-order chi connectivity index (χ1) is 5.94. The molecule has 1 aliphatic rings. The number of esters is 1. The van der Waals surface area contributed by atoms with Gasteiger partial charge in [0.1, 0.15) is 5.60 Å². The third-order valence-electron chi connectivity index (χ3n) is 1.84. The van der Waals surface area contributed by atoms with Crippen molar-refractivity contribution in [3.05, 3.63) is 0 Å². The zero-order valence-electron chi connectivity index (χ0n) is 8.37. The Bertz CT molecular complexity index is 194. The maximum atomic E-state index is 11.4. The molecule has 1 rings (SSSR count). The molecule has 0 aliphatic heterocycles. The molecule has 2 N–H and O–H groups in total. The molecule has 13 heavy (non-hydrogen) atoms. The first-order valence-corrected chi connectivity index (χ1v) is 4.52. The summed E-state index contributed by atoms with van der Waals surface area (Å²) < 4.78 is 5.15. The zero-order valence-corrected chi connectivity index (χ0v) is 8.37. The lowest BCUT2D eigenvalue weighted by molar-refractivity contribution is -0.170. The van der Waals surface area contributed by atoms with Crippen LogP contribution >= 0.6 is 0 Å². The lowest BCUT2D eigenvalue weighted by Crippen LogP contribution is -2.36. The predicted octanol–water partition coefficient (Wildman–Crippen LogP) is 0.997. The van der Waals surface area contributed by atoms with Crippen LogP contribution in [0.4, 0.5) is 0 Å². The minimum Gasteiger partial charge on any atom is -0.458 e. The summed E-state index contributed by atoms with van der Waals surface area (Å²) in [7, 11) is 0.